The number of aromatic nitrogens is 1. The number of amides is 1. The third-order valence-electron chi connectivity index (χ3n) is 9.76. The first-order valence-corrected chi connectivity index (χ1v) is 16.9. The van der Waals surface area contributed by atoms with Gasteiger partial charge in [-0.3, -0.25) is 24.3 Å². The summed E-state index contributed by atoms with van der Waals surface area (Å²) < 4.78 is 12.3. The smallest absolute Gasteiger partial charge is 0.257 e. The van der Waals surface area contributed by atoms with Crippen LogP contribution < -0.4 is 26.2 Å². The molecule has 1 fully saturated rings. The molecule has 2 heterocycles. The molecule has 0 radical (unpaired) electrons. The van der Waals surface area contributed by atoms with Crippen molar-refractivity contribution in [3.8, 4) is 17.0 Å². The molecule has 0 spiro atoms. The van der Waals surface area contributed by atoms with E-state index in [2.05, 4.69) is 58.6 Å². The minimum absolute atomic E-state index is 0.0197. The van der Waals surface area contributed by atoms with Crippen molar-refractivity contribution in [1.29, 1.82) is 0 Å². The predicted octanol–water partition coefficient (Wildman–Crippen LogP) is 5.45. The van der Waals surface area contributed by atoms with Gasteiger partial charge in [-0.2, -0.15) is 0 Å². The van der Waals surface area contributed by atoms with Crippen LogP contribution in [0.3, 0.4) is 0 Å². The van der Waals surface area contributed by atoms with Gasteiger partial charge < -0.3 is 25.0 Å². The maximum absolute atomic E-state index is 13.9. The predicted molar refractivity (Wildman–Crippen MR) is 189 cm³/mol. The third-order valence-corrected chi connectivity index (χ3v) is 9.76. The summed E-state index contributed by atoms with van der Waals surface area (Å²) in [6, 6.07) is 19.9. The fourth-order valence-corrected chi connectivity index (χ4v) is 6.77. The fraction of sp³-hybridized carbons (Fsp3) is 0.421. The Morgan fingerprint density at radius 1 is 0.938 bits per heavy atom. The number of hydrogen-bond donors (Lipinski definition) is 2. The van der Waals surface area contributed by atoms with Gasteiger partial charge in [-0.15, -0.1) is 0 Å². The second-order valence-electron chi connectivity index (χ2n) is 13.3. The lowest BCUT2D eigenvalue weighted by atomic mass is 10.0. The van der Waals surface area contributed by atoms with E-state index in [1.807, 2.05) is 18.2 Å². The van der Waals surface area contributed by atoms with Crippen molar-refractivity contribution in [2.24, 2.45) is 5.92 Å². The lowest BCUT2D eigenvalue weighted by molar-refractivity contribution is 0.00922. The van der Waals surface area contributed by atoms with E-state index in [1.54, 1.807) is 43.5 Å². The average molecular weight is 652 g/mol. The number of nitrogens with zero attached hydrogens (tertiary/aromatic N) is 3. The molecule has 0 bridgehead atoms. The monoisotopic (exact) mass is 651 g/mol. The highest BCUT2D eigenvalue weighted by atomic mass is 16.5. The number of fused-ring (bicyclic) bond motifs is 1. The Balaban J connectivity index is 1.23. The van der Waals surface area contributed by atoms with Crippen LogP contribution in [0.15, 0.2) is 76.4 Å². The third kappa shape index (κ3) is 7.29. The second-order valence-corrected chi connectivity index (χ2v) is 13.3. The molecule has 3 aromatic carbocycles. The Morgan fingerprint density at radius 2 is 1.69 bits per heavy atom. The van der Waals surface area contributed by atoms with Gasteiger partial charge in [0.2, 0.25) is 0 Å². The van der Waals surface area contributed by atoms with Gasteiger partial charge in [0.1, 0.15) is 23.7 Å². The van der Waals surface area contributed by atoms with E-state index in [9.17, 15) is 14.4 Å². The van der Waals surface area contributed by atoms with Crippen molar-refractivity contribution in [2.75, 3.05) is 44.5 Å². The lowest BCUT2D eigenvalue weighted by Crippen LogP contribution is -2.46. The number of pyridine rings is 1. The maximum atomic E-state index is 13.9. The number of carbonyl (C=O) groups is 1. The standard InChI is InChI=1S/C38H45N5O5/c1-24-20-43(21-26-12-14-27(15-13-26)31-11-7-8-18-39-31)25(2)23-48-32-17-16-29(19-30(32)38(46)42(3)22-33(24)47-4)41-35-34(36(44)37(35)45)40-28-9-5-6-10-28/h7-8,11-19,24-25,28,33,40-41H,5-6,9-10,20-23H2,1-4H3/t24-,25-,33-/m0/s1. The topological polar surface area (TPSA) is 113 Å². The largest absolute Gasteiger partial charge is 0.491 e. The molecule has 1 aromatic heterocycles. The SMILES string of the molecule is CO[C@H]1CN(C)C(=O)c2cc(Nc3c(NC4CCCC4)c(=O)c3=O)ccc2OC[C@H](C)N(Cc2ccc(-c3ccccn3)cc2)C[C@@H]1C. The van der Waals surface area contributed by atoms with Crippen LogP contribution in [0.1, 0.15) is 55.5 Å². The number of anilines is 3. The van der Waals surface area contributed by atoms with Crippen LogP contribution in [-0.4, -0.2) is 72.7 Å². The lowest BCUT2D eigenvalue weighted by Gasteiger charge is -2.36. The van der Waals surface area contributed by atoms with Crippen LogP contribution in [0.2, 0.25) is 0 Å². The van der Waals surface area contributed by atoms with Gasteiger partial charge in [0.25, 0.3) is 16.8 Å². The summed E-state index contributed by atoms with van der Waals surface area (Å²) in [6.07, 6.45) is 5.77. The molecule has 1 saturated carbocycles. The minimum atomic E-state index is -0.555. The number of hydrogen-bond acceptors (Lipinski definition) is 9. The summed E-state index contributed by atoms with van der Waals surface area (Å²) >= 11 is 0. The molecule has 1 aliphatic heterocycles. The van der Waals surface area contributed by atoms with Gasteiger partial charge in [-0.25, -0.2) is 0 Å². The van der Waals surface area contributed by atoms with Gasteiger partial charge in [-0.05, 0) is 61.6 Å². The quantitative estimate of drug-likeness (QED) is 0.240. The molecule has 2 N–H and O–H groups in total. The molecule has 2 aliphatic rings. The van der Waals surface area contributed by atoms with Crippen LogP contribution in [0, 0.1) is 5.92 Å². The highest BCUT2D eigenvalue weighted by Gasteiger charge is 2.30. The van der Waals surface area contributed by atoms with Gasteiger partial charge in [0.05, 0.1) is 17.4 Å². The number of likely N-dealkylation sites (N-methyl/N-ethyl adjacent to an activating group) is 1. The Hall–Kier alpha value is -4.54. The molecule has 1 amide bonds. The second kappa shape index (κ2) is 14.7. The summed E-state index contributed by atoms with van der Waals surface area (Å²) in [4.78, 5) is 47.4. The zero-order valence-electron chi connectivity index (χ0n) is 28.2. The van der Waals surface area contributed by atoms with Crippen molar-refractivity contribution < 1.29 is 14.3 Å². The van der Waals surface area contributed by atoms with Crippen LogP contribution >= 0.6 is 0 Å². The Bertz CT molecular complexity index is 1780. The van der Waals surface area contributed by atoms with Crippen molar-refractivity contribution in [3.05, 3.63) is 98.4 Å². The number of ether oxygens (including phenoxy) is 2. The fourth-order valence-electron chi connectivity index (χ4n) is 6.77. The number of methoxy groups -OCH3 is 1. The zero-order valence-corrected chi connectivity index (χ0v) is 28.2. The summed E-state index contributed by atoms with van der Waals surface area (Å²) in [5, 5.41) is 6.39. The molecule has 1 aliphatic carbocycles. The van der Waals surface area contributed by atoms with Crippen molar-refractivity contribution >= 4 is 23.0 Å². The van der Waals surface area contributed by atoms with Crippen LogP contribution in [0.25, 0.3) is 11.3 Å². The van der Waals surface area contributed by atoms with Crippen LogP contribution in [-0.2, 0) is 11.3 Å². The van der Waals surface area contributed by atoms with Gasteiger partial charge >= 0.3 is 0 Å². The van der Waals surface area contributed by atoms with E-state index in [1.165, 1.54) is 5.56 Å². The Kier molecular flexibility index (Phi) is 10.2. The molecular formula is C38H45N5O5. The number of carbonyl (C=O) groups excluding carboxylic acids is 1. The van der Waals surface area contributed by atoms with E-state index in [4.69, 9.17) is 9.47 Å². The molecule has 6 rings (SSSR count). The minimum Gasteiger partial charge on any atom is -0.491 e. The van der Waals surface area contributed by atoms with E-state index in [0.717, 1.165) is 50.0 Å². The summed E-state index contributed by atoms with van der Waals surface area (Å²) in [5.41, 5.74) is 3.61. The average Bonchev–Trinajstić information content (AvgIpc) is 3.64. The van der Waals surface area contributed by atoms with Crippen molar-refractivity contribution in [2.45, 2.75) is 64.3 Å². The van der Waals surface area contributed by atoms with Gasteiger partial charge in [0.15, 0.2) is 0 Å². The molecule has 0 saturated heterocycles. The first kappa shape index (κ1) is 33.4. The number of benzene rings is 2. The number of nitrogens with one attached hydrogen (secondary N) is 2. The highest BCUT2D eigenvalue weighted by molar-refractivity contribution is 5.98. The molecule has 4 aromatic rings. The zero-order chi connectivity index (χ0) is 33.8. The molecule has 10 nitrogen and oxygen atoms in total. The first-order valence-electron chi connectivity index (χ1n) is 16.9. The summed E-state index contributed by atoms with van der Waals surface area (Å²) in [6.45, 7) is 6.51. The van der Waals surface area contributed by atoms with Crippen LogP contribution in [0.5, 0.6) is 5.75 Å². The van der Waals surface area contributed by atoms with Crippen LogP contribution in [0.4, 0.5) is 17.1 Å². The highest BCUT2D eigenvalue weighted by Crippen LogP contribution is 2.31. The van der Waals surface area contributed by atoms with E-state index >= 15 is 0 Å². The molecule has 10 heteroatoms. The van der Waals surface area contributed by atoms with E-state index < -0.39 is 10.9 Å². The number of rotatable bonds is 8. The molecule has 48 heavy (non-hydrogen) atoms. The van der Waals surface area contributed by atoms with Crippen molar-refractivity contribution in [3.63, 3.8) is 0 Å². The Morgan fingerprint density at radius 3 is 2.40 bits per heavy atom. The maximum Gasteiger partial charge on any atom is 0.257 e. The van der Waals surface area contributed by atoms with E-state index in [0.29, 0.717) is 35.8 Å². The van der Waals surface area contributed by atoms with Gasteiger partial charge in [-0.1, -0.05) is 50.1 Å². The normalized spacial score (nSPS) is 21.3. The molecule has 3 atom stereocenters. The molecule has 0 unspecified atom stereocenters. The van der Waals surface area contributed by atoms with Crippen molar-refractivity contribution in [1.82, 2.24) is 14.8 Å². The molecular weight excluding hydrogens is 606 g/mol. The van der Waals surface area contributed by atoms with E-state index in [-0.39, 0.29) is 35.7 Å². The molecule has 252 valence electrons. The first-order chi connectivity index (χ1) is 23.2. The summed E-state index contributed by atoms with van der Waals surface area (Å²) in [7, 11) is 3.46. The summed E-state index contributed by atoms with van der Waals surface area (Å²) in [5.74, 6) is 0.364. The Labute approximate surface area is 281 Å². The van der Waals surface area contributed by atoms with Gasteiger partial charge in [0, 0.05) is 63.3 Å².